The highest BCUT2D eigenvalue weighted by molar-refractivity contribution is 5.85. The zero-order chi connectivity index (χ0) is 10.1. The summed E-state index contributed by atoms with van der Waals surface area (Å²) in [7, 11) is 0. The molecule has 0 aliphatic carbocycles. The molecule has 2 heteroatoms. The summed E-state index contributed by atoms with van der Waals surface area (Å²) in [6, 6.07) is 0. The Morgan fingerprint density at radius 1 is 1.42 bits per heavy atom. The van der Waals surface area contributed by atoms with Crippen LogP contribution in [-0.4, -0.2) is 11.1 Å². The Hall–Kier alpha value is -1.31. The molecule has 0 atom stereocenters. The van der Waals surface area contributed by atoms with E-state index in [1.165, 1.54) is 0 Å². The zero-order valence-corrected chi connectivity index (χ0v) is 7.92. The van der Waals surface area contributed by atoms with Gasteiger partial charge in [-0.1, -0.05) is 30.9 Å². The zero-order valence-electron chi connectivity index (χ0n) is 7.92. The minimum absolute atomic E-state index is 0.389. The first-order valence-electron chi connectivity index (χ1n) is 3.59. The summed E-state index contributed by atoms with van der Waals surface area (Å²) in [5.74, 6) is -0.845. The van der Waals surface area contributed by atoms with E-state index >= 15 is 0 Å². The third-order valence-electron chi connectivity index (χ3n) is 1.12. The van der Waals surface area contributed by atoms with Gasteiger partial charge in [0, 0.05) is 5.57 Å². The van der Waals surface area contributed by atoms with E-state index in [1.807, 2.05) is 6.92 Å². The van der Waals surface area contributed by atoms with Crippen LogP contribution >= 0.6 is 0 Å². The highest BCUT2D eigenvalue weighted by atomic mass is 16.4. The van der Waals surface area contributed by atoms with Gasteiger partial charge < -0.3 is 5.11 Å². The van der Waals surface area contributed by atoms with Crippen molar-refractivity contribution in [2.75, 3.05) is 0 Å². The number of carboxylic acid groups (broad SMARTS) is 1. The highest BCUT2D eigenvalue weighted by Gasteiger charge is 1.93. The molecule has 0 heterocycles. The van der Waals surface area contributed by atoms with Crippen molar-refractivity contribution < 1.29 is 9.90 Å². The van der Waals surface area contributed by atoms with Crippen LogP contribution in [-0.2, 0) is 4.79 Å². The van der Waals surface area contributed by atoms with E-state index in [4.69, 9.17) is 5.11 Å². The van der Waals surface area contributed by atoms with Crippen molar-refractivity contribution in [1.29, 1.82) is 0 Å². The van der Waals surface area contributed by atoms with Crippen molar-refractivity contribution in [3.63, 3.8) is 0 Å². The second kappa shape index (κ2) is 7.79. The summed E-state index contributed by atoms with van der Waals surface area (Å²) in [6.45, 7) is 12.2. The normalized spacial score (nSPS) is 9.42. The van der Waals surface area contributed by atoms with Gasteiger partial charge >= 0.3 is 5.97 Å². The molecule has 0 aromatic carbocycles. The Morgan fingerprint density at radius 2 is 1.75 bits per heavy atom. The maximum atomic E-state index is 9.86. The van der Waals surface area contributed by atoms with Gasteiger partial charge in [0.2, 0.25) is 0 Å². The van der Waals surface area contributed by atoms with Gasteiger partial charge in [0.15, 0.2) is 0 Å². The number of aliphatic carboxylic acids is 1. The average molecular weight is 168 g/mol. The van der Waals surface area contributed by atoms with Gasteiger partial charge in [-0.05, 0) is 20.8 Å². The maximum absolute atomic E-state index is 9.86. The molecule has 0 spiro atoms. The quantitative estimate of drug-likeness (QED) is 0.508. The van der Waals surface area contributed by atoms with Gasteiger partial charge in [-0.2, -0.15) is 0 Å². The molecule has 0 saturated heterocycles. The van der Waals surface area contributed by atoms with E-state index in [0.717, 1.165) is 5.57 Å². The summed E-state index contributed by atoms with van der Waals surface area (Å²) < 4.78 is 0. The van der Waals surface area contributed by atoms with Crippen LogP contribution in [0.5, 0.6) is 0 Å². The van der Waals surface area contributed by atoms with Crippen molar-refractivity contribution in [3.05, 3.63) is 36.5 Å². The lowest BCUT2D eigenvalue weighted by molar-refractivity contribution is -0.132. The molecule has 1 N–H and O–H groups in total. The third-order valence-corrected chi connectivity index (χ3v) is 1.12. The van der Waals surface area contributed by atoms with Crippen molar-refractivity contribution in [2.24, 2.45) is 0 Å². The summed E-state index contributed by atoms with van der Waals surface area (Å²) >= 11 is 0. The van der Waals surface area contributed by atoms with Gasteiger partial charge in [0.1, 0.15) is 0 Å². The monoisotopic (exact) mass is 168 g/mol. The molecule has 0 rings (SSSR count). The lowest BCUT2D eigenvalue weighted by Crippen LogP contribution is -1.93. The molecule has 0 aliphatic heterocycles. The van der Waals surface area contributed by atoms with E-state index in [2.05, 4.69) is 13.2 Å². The fraction of sp³-hybridized carbons (Fsp3) is 0.300. The van der Waals surface area contributed by atoms with E-state index < -0.39 is 5.97 Å². The Morgan fingerprint density at radius 3 is 1.75 bits per heavy atom. The van der Waals surface area contributed by atoms with Crippen LogP contribution in [0.2, 0.25) is 0 Å². The number of allylic oxidation sites excluding steroid dienone is 3. The molecular formula is C10H16O2. The van der Waals surface area contributed by atoms with Crippen LogP contribution in [0.25, 0.3) is 0 Å². The maximum Gasteiger partial charge on any atom is 0.330 e. The molecule has 0 saturated carbocycles. The number of hydrogen-bond donors (Lipinski definition) is 1. The molecule has 12 heavy (non-hydrogen) atoms. The number of carboxylic acids is 1. The Kier molecular flexibility index (Phi) is 8.63. The minimum atomic E-state index is -0.845. The molecular weight excluding hydrogens is 152 g/mol. The largest absolute Gasteiger partial charge is 0.478 e. The molecule has 0 aromatic heterocycles. The summed E-state index contributed by atoms with van der Waals surface area (Å²) in [4.78, 5) is 9.86. The predicted molar refractivity (Wildman–Crippen MR) is 52.1 cm³/mol. The van der Waals surface area contributed by atoms with Crippen molar-refractivity contribution in [3.8, 4) is 0 Å². The van der Waals surface area contributed by atoms with Crippen molar-refractivity contribution in [2.45, 2.75) is 20.8 Å². The van der Waals surface area contributed by atoms with Gasteiger partial charge in [-0.15, -0.1) is 0 Å². The summed E-state index contributed by atoms with van der Waals surface area (Å²) in [6.07, 6.45) is 3.28. The van der Waals surface area contributed by atoms with Crippen LogP contribution in [0.15, 0.2) is 36.5 Å². The second-order valence-electron chi connectivity index (χ2n) is 2.33. The molecule has 2 nitrogen and oxygen atoms in total. The molecule has 68 valence electrons. The third kappa shape index (κ3) is 11.5. The van der Waals surface area contributed by atoms with E-state index in [-0.39, 0.29) is 0 Å². The molecule has 0 aliphatic rings. The fourth-order valence-corrected chi connectivity index (χ4v) is 0.123. The molecule has 0 aromatic rings. The predicted octanol–water partition coefficient (Wildman–Crippen LogP) is 2.79. The van der Waals surface area contributed by atoms with E-state index in [9.17, 15) is 4.79 Å². The van der Waals surface area contributed by atoms with E-state index in [1.54, 1.807) is 26.0 Å². The molecule has 0 unspecified atom stereocenters. The number of hydrogen-bond acceptors (Lipinski definition) is 1. The molecule has 0 radical (unpaired) electrons. The van der Waals surface area contributed by atoms with Crippen LogP contribution < -0.4 is 0 Å². The average Bonchev–Trinajstić information content (AvgIpc) is 2.04. The van der Waals surface area contributed by atoms with Gasteiger partial charge in [0.05, 0.1) is 0 Å². The van der Waals surface area contributed by atoms with Gasteiger partial charge in [-0.3, -0.25) is 0 Å². The number of rotatable bonds is 2. The molecule has 0 fully saturated rings. The van der Waals surface area contributed by atoms with Crippen molar-refractivity contribution >= 4 is 5.97 Å². The summed E-state index contributed by atoms with van der Waals surface area (Å²) in [5.41, 5.74) is 1.41. The first-order valence-corrected chi connectivity index (χ1v) is 3.59. The lowest BCUT2D eigenvalue weighted by atomic mass is 10.3. The number of carbonyl (C=O) groups is 1. The second-order valence-corrected chi connectivity index (χ2v) is 2.33. The molecule has 0 amide bonds. The lowest BCUT2D eigenvalue weighted by Gasteiger charge is -1.84. The van der Waals surface area contributed by atoms with Gasteiger partial charge in [-0.25, -0.2) is 4.79 Å². The van der Waals surface area contributed by atoms with Gasteiger partial charge in [0.25, 0.3) is 0 Å². The van der Waals surface area contributed by atoms with Crippen LogP contribution in [0.4, 0.5) is 0 Å². The first kappa shape index (κ1) is 13.3. The fourth-order valence-electron chi connectivity index (χ4n) is 0.123. The topological polar surface area (TPSA) is 37.3 Å². The smallest absolute Gasteiger partial charge is 0.330 e. The van der Waals surface area contributed by atoms with Crippen LogP contribution in [0.3, 0.4) is 0 Å². The van der Waals surface area contributed by atoms with Crippen LogP contribution in [0, 0.1) is 0 Å². The SMILES string of the molecule is C/C=C(/C)C(=O)O.C=CC(=C)C. The van der Waals surface area contributed by atoms with Crippen LogP contribution in [0.1, 0.15) is 20.8 Å². The standard InChI is InChI=1S/C5H8O2.C5H8/c1-3-4(2)5(6)7;1-4-5(2)3/h3H,1-2H3,(H,6,7);4H,1-2H2,3H3/b4-3-;. The van der Waals surface area contributed by atoms with Crippen molar-refractivity contribution in [1.82, 2.24) is 0 Å². The first-order chi connectivity index (χ1) is 5.45. The Labute approximate surface area is 73.9 Å². The highest BCUT2D eigenvalue weighted by Crippen LogP contribution is 1.87. The Balaban J connectivity index is 0. The summed E-state index contributed by atoms with van der Waals surface area (Å²) in [5, 5.41) is 8.11. The minimum Gasteiger partial charge on any atom is -0.478 e. The Bertz CT molecular complexity index is 200. The van der Waals surface area contributed by atoms with E-state index in [0.29, 0.717) is 5.57 Å². The molecule has 0 bridgehead atoms.